The minimum atomic E-state index is 0.556. The van der Waals surface area contributed by atoms with Crippen molar-refractivity contribution in [3.8, 4) is 17.2 Å². The quantitative estimate of drug-likeness (QED) is 0.399. The summed E-state index contributed by atoms with van der Waals surface area (Å²) in [6.07, 6.45) is 3.35. The van der Waals surface area contributed by atoms with Crippen molar-refractivity contribution in [3.63, 3.8) is 0 Å². The molecule has 0 spiro atoms. The Morgan fingerprint density at radius 2 is 1.68 bits per heavy atom. The maximum Gasteiger partial charge on any atom is 0.136 e. The van der Waals surface area contributed by atoms with Crippen molar-refractivity contribution >= 4 is 32.7 Å². The molecule has 0 bridgehead atoms. The van der Waals surface area contributed by atoms with E-state index < -0.39 is 0 Å². The second-order valence-electron chi connectivity index (χ2n) is 6.05. The van der Waals surface area contributed by atoms with Crippen LogP contribution >= 0.6 is 0 Å². The Morgan fingerprint density at radius 3 is 2.60 bits per heavy atom. The number of hydrogen-bond acceptors (Lipinski definition) is 3. The second kappa shape index (κ2) is 5.19. The van der Waals surface area contributed by atoms with Crippen LogP contribution in [0.25, 0.3) is 43.8 Å². The number of nitriles is 1. The average Bonchev–Trinajstić information content (AvgIpc) is 3.06. The molecule has 116 valence electrons. The van der Waals surface area contributed by atoms with E-state index in [9.17, 15) is 0 Å². The fourth-order valence-electron chi connectivity index (χ4n) is 3.39. The third kappa shape index (κ3) is 2.09. The predicted molar refractivity (Wildman–Crippen MR) is 99.2 cm³/mol. The predicted octanol–water partition coefficient (Wildman–Crippen LogP) is 5.67. The fourth-order valence-corrected chi connectivity index (χ4v) is 3.39. The highest BCUT2D eigenvalue weighted by Gasteiger charge is 2.11. The van der Waals surface area contributed by atoms with E-state index in [1.165, 1.54) is 10.8 Å². The highest BCUT2D eigenvalue weighted by molar-refractivity contribution is 6.19. The number of furan rings is 1. The molecule has 3 nitrogen and oxygen atoms in total. The third-order valence-electron chi connectivity index (χ3n) is 4.56. The molecule has 0 atom stereocenters. The molecular weight excluding hydrogens is 308 g/mol. The number of rotatable bonds is 1. The van der Waals surface area contributed by atoms with Crippen molar-refractivity contribution in [2.24, 2.45) is 0 Å². The number of benzene rings is 3. The number of hydrogen-bond donors (Lipinski definition) is 0. The monoisotopic (exact) mass is 320 g/mol. The van der Waals surface area contributed by atoms with Crippen LogP contribution in [0.1, 0.15) is 5.56 Å². The number of aromatic nitrogens is 1. The Labute approximate surface area is 143 Å². The van der Waals surface area contributed by atoms with Gasteiger partial charge in [-0.2, -0.15) is 5.26 Å². The number of fused-ring (bicyclic) bond motifs is 5. The molecule has 0 aliphatic carbocycles. The normalized spacial score (nSPS) is 11.2. The summed E-state index contributed by atoms with van der Waals surface area (Å²) in [5, 5.41) is 13.7. The van der Waals surface area contributed by atoms with Gasteiger partial charge in [-0.05, 0) is 40.6 Å². The Balaban J connectivity index is 1.85. The van der Waals surface area contributed by atoms with E-state index in [0.29, 0.717) is 5.56 Å². The first-order chi connectivity index (χ1) is 12.3. The SMILES string of the molecule is N#Cc1cncc(-c2ccc3oc4ccc5ccccc5c4c3c2)c1. The zero-order valence-electron chi connectivity index (χ0n) is 13.2. The summed E-state index contributed by atoms with van der Waals surface area (Å²) in [5.74, 6) is 0. The molecule has 3 heteroatoms. The van der Waals surface area contributed by atoms with Gasteiger partial charge in [0, 0.05) is 28.7 Å². The first-order valence-corrected chi connectivity index (χ1v) is 8.03. The van der Waals surface area contributed by atoms with Gasteiger partial charge in [-0.25, -0.2) is 0 Å². The van der Waals surface area contributed by atoms with E-state index in [1.54, 1.807) is 12.4 Å². The van der Waals surface area contributed by atoms with Gasteiger partial charge >= 0.3 is 0 Å². The van der Waals surface area contributed by atoms with Crippen LogP contribution in [0.4, 0.5) is 0 Å². The van der Waals surface area contributed by atoms with Gasteiger partial charge in [0.1, 0.15) is 17.2 Å². The molecule has 0 aliphatic heterocycles. The molecule has 0 radical (unpaired) electrons. The summed E-state index contributed by atoms with van der Waals surface area (Å²) in [4.78, 5) is 4.17. The van der Waals surface area contributed by atoms with Crippen LogP contribution < -0.4 is 0 Å². The van der Waals surface area contributed by atoms with Crippen molar-refractivity contribution in [1.82, 2.24) is 4.98 Å². The summed E-state index contributed by atoms with van der Waals surface area (Å²) in [7, 11) is 0. The van der Waals surface area contributed by atoms with Gasteiger partial charge in [0.05, 0.1) is 5.56 Å². The Kier molecular flexibility index (Phi) is 2.86. The van der Waals surface area contributed by atoms with E-state index in [1.807, 2.05) is 36.4 Å². The maximum absolute atomic E-state index is 9.10. The molecule has 0 N–H and O–H groups in total. The van der Waals surface area contributed by atoms with Gasteiger partial charge in [0.15, 0.2) is 0 Å². The van der Waals surface area contributed by atoms with Gasteiger partial charge < -0.3 is 4.42 Å². The lowest BCUT2D eigenvalue weighted by atomic mass is 10.0. The lowest BCUT2D eigenvalue weighted by Crippen LogP contribution is -1.83. The van der Waals surface area contributed by atoms with Crippen LogP contribution in [0.2, 0.25) is 0 Å². The number of pyridine rings is 1. The van der Waals surface area contributed by atoms with Gasteiger partial charge in [-0.3, -0.25) is 4.98 Å². The molecule has 2 aromatic heterocycles. The van der Waals surface area contributed by atoms with Gasteiger partial charge in [0.2, 0.25) is 0 Å². The Bertz CT molecular complexity index is 1310. The molecular formula is C22H12N2O. The second-order valence-corrected chi connectivity index (χ2v) is 6.05. The molecule has 0 amide bonds. The summed E-state index contributed by atoms with van der Waals surface area (Å²) in [5.41, 5.74) is 4.25. The Hall–Kier alpha value is -3.64. The molecule has 0 fully saturated rings. The van der Waals surface area contributed by atoms with Crippen LogP contribution in [0.3, 0.4) is 0 Å². The number of nitrogens with zero attached hydrogens (tertiary/aromatic N) is 2. The molecule has 0 saturated carbocycles. The zero-order chi connectivity index (χ0) is 16.8. The van der Waals surface area contributed by atoms with Gasteiger partial charge in [0.25, 0.3) is 0 Å². The lowest BCUT2D eigenvalue weighted by Gasteiger charge is -2.02. The molecule has 5 rings (SSSR count). The van der Waals surface area contributed by atoms with Crippen molar-refractivity contribution in [2.45, 2.75) is 0 Å². The van der Waals surface area contributed by atoms with Crippen molar-refractivity contribution < 1.29 is 4.42 Å². The summed E-state index contributed by atoms with van der Waals surface area (Å²) in [6.45, 7) is 0. The molecule has 25 heavy (non-hydrogen) atoms. The van der Waals surface area contributed by atoms with Crippen molar-refractivity contribution in [2.75, 3.05) is 0 Å². The summed E-state index contributed by atoms with van der Waals surface area (Å²) >= 11 is 0. The van der Waals surface area contributed by atoms with E-state index in [4.69, 9.17) is 9.68 Å². The largest absolute Gasteiger partial charge is 0.456 e. The average molecular weight is 320 g/mol. The highest BCUT2D eigenvalue weighted by atomic mass is 16.3. The molecule has 0 aliphatic rings. The van der Waals surface area contributed by atoms with Gasteiger partial charge in [-0.1, -0.05) is 36.4 Å². The zero-order valence-corrected chi connectivity index (χ0v) is 13.2. The smallest absolute Gasteiger partial charge is 0.136 e. The minimum Gasteiger partial charge on any atom is -0.456 e. The van der Waals surface area contributed by atoms with Crippen molar-refractivity contribution in [3.05, 3.63) is 78.6 Å². The molecule has 0 unspecified atom stereocenters. The molecule has 2 heterocycles. The van der Waals surface area contributed by atoms with Crippen LogP contribution in [-0.2, 0) is 0 Å². The van der Waals surface area contributed by atoms with E-state index in [-0.39, 0.29) is 0 Å². The van der Waals surface area contributed by atoms with Crippen LogP contribution in [0.15, 0.2) is 77.5 Å². The molecule has 3 aromatic carbocycles. The van der Waals surface area contributed by atoms with Gasteiger partial charge in [-0.15, -0.1) is 0 Å². The maximum atomic E-state index is 9.10. The third-order valence-corrected chi connectivity index (χ3v) is 4.56. The van der Waals surface area contributed by atoms with Crippen LogP contribution in [-0.4, -0.2) is 4.98 Å². The standard InChI is InChI=1S/C22H12N2O/c23-11-14-9-17(13-24-12-14)16-6-7-20-19(10-16)22-18-4-2-1-3-15(18)5-8-21(22)25-20/h1-10,12-13H. The molecule has 0 saturated heterocycles. The highest BCUT2D eigenvalue weighted by Crippen LogP contribution is 2.36. The topological polar surface area (TPSA) is 49.8 Å². The van der Waals surface area contributed by atoms with Crippen LogP contribution in [0, 0.1) is 11.3 Å². The lowest BCUT2D eigenvalue weighted by molar-refractivity contribution is 0.669. The molecule has 5 aromatic rings. The van der Waals surface area contributed by atoms with Crippen molar-refractivity contribution in [1.29, 1.82) is 5.26 Å². The fraction of sp³-hybridized carbons (Fsp3) is 0. The van der Waals surface area contributed by atoms with E-state index >= 15 is 0 Å². The van der Waals surface area contributed by atoms with E-state index in [2.05, 4.69) is 35.3 Å². The summed E-state index contributed by atoms with van der Waals surface area (Å²) in [6, 6.07) is 22.5. The van der Waals surface area contributed by atoms with Crippen LogP contribution in [0.5, 0.6) is 0 Å². The Morgan fingerprint density at radius 1 is 0.800 bits per heavy atom. The first kappa shape index (κ1) is 13.8. The van der Waals surface area contributed by atoms with E-state index in [0.717, 1.165) is 33.1 Å². The summed E-state index contributed by atoms with van der Waals surface area (Å²) < 4.78 is 6.03. The minimum absolute atomic E-state index is 0.556. The first-order valence-electron chi connectivity index (χ1n) is 8.03.